The number of likely N-dealkylation sites (N-methyl/N-ethyl adjacent to an activating group) is 1. The summed E-state index contributed by atoms with van der Waals surface area (Å²) in [5, 5.41) is 6.83. The number of carbonyl (C=O) groups excluding carboxylic acids is 2. The Balaban J connectivity index is 1.45. The number of hydrogen-bond donors (Lipinski definition) is 3. The van der Waals surface area contributed by atoms with Crippen molar-refractivity contribution in [3.63, 3.8) is 0 Å². The van der Waals surface area contributed by atoms with E-state index in [1.165, 1.54) is 6.08 Å². The molecular weight excluding hydrogens is 382 g/mol. The van der Waals surface area contributed by atoms with E-state index < -0.39 is 6.04 Å². The van der Waals surface area contributed by atoms with Gasteiger partial charge < -0.3 is 25.7 Å². The Hall–Kier alpha value is -3.65. The first kappa shape index (κ1) is 19.7. The lowest BCUT2D eigenvalue weighted by Gasteiger charge is -2.14. The van der Waals surface area contributed by atoms with E-state index in [1.807, 2.05) is 37.3 Å². The van der Waals surface area contributed by atoms with Crippen molar-refractivity contribution in [2.24, 2.45) is 5.73 Å². The lowest BCUT2D eigenvalue weighted by Crippen LogP contribution is -2.39. The standard InChI is InChI=1S/C22H23N5O3/c1-13-15-5-3-4-6-18(15)30-19(13)12-27(2)20(28)8-7-14-9-17-21(25-10-14)26-22(29)16(23)11-24-17/h3-10,16,24H,11-12,23H2,1-2H3,(H,25,26,29)/b8-7+/t16-/m0/s1. The van der Waals surface area contributed by atoms with Crippen LogP contribution < -0.4 is 16.4 Å². The molecule has 0 fully saturated rings. The zero-order valence-corrected chi connectivity index (χ0v) is 16.8. The zero-order valence-electron chi connectivity index (χ0n) is 16.8. The summed E-state index contributed by atoms with van der Waals surface area (Å²) < 4.78 is 5.89. The van der Waals surface area contributed by atoms with Crippen LogP contribution in [0.5, 0.6) is 0 Å². The van der Waals surface area contributed by atoms with E-state index in [9.17, 15) is 9.59 Å². The summed E-state index contributed by atoms with van der Waals surface area (Å²) in [6.07, 6.45) is 4.76. The van der Waals surface area contributed by atoms with Gasteiger partial charge in [-0.15, -0.1) is 0 Å². The molecule has 0 spiro atoms. The van der Waals surface area contributed by atoms with Gasteiger partial charge >= 0.3 is 0 Å². The molecule has 0 saturated carbocycles. The summed E-state index contributed by atoms with van der Waals surface area (Å²) >= 11 is 0. The molecule has 1 aliphatic rings. The number of fused-ring (bicyclic) bond motifs is 2. The summed E-state index contributed by atoms with van der Waals surface area (Å²) in [6, 6.07) is 8.99. The molecule has 1 aliphatic heterocycles. The van der Waals surface area contributed by atoms with Crippen LogP contribution in [0.2, 0.25) is 0 Å². The van der Waals surface area contributed by atoms with E-state index in [1.54, 1.807) is 24.2 Å². The number of amides is 2. The van der Waals surface area contributed by atoms with Crippen molar-refractivity contribution in [2.75, 3.05) is 24.2 Å². The first-order chi connectivity index (χ1) is 14.4. The van der Waals surface area contributed by atoms with Crippen molar-refractivity contribution in [3.05, 3.63) is 59.5 Å². The highest BCUT2D eigenvalue weighted by Crippen LogP contribution is 2.26. The molecule has 0 unspecified atom stereocenters. The molecule has 1 atom stereocenters. The Labute approximate surface area is 173 Å². The molecule has 2 aromatic heterocycles. The van der Waals surface area contributed by atoms with Crippen molar-refractivity contribution in [2.45, 2.75) is 19.5 Å². The molecule has 0 bridgehead atoms. The summed E-state index contributed by atoms with van der Waals surface area (Å²) in [4.78, 5) is 30.2. The van der Waals surface area contributed by atoms with Crippen LogP contribution in [0.4, 0.5) is 11.5 Å². The highest BCUT2D eigenvalue weighted by Gasteiger charge is 2.20. The summed E-state index contributed by atoms with van der Waals surface area (Å²) in [5.41, 5.74) is 9.00. The second kappa shape index (κ2) is 8.00. The number of rotatable bonds is 4. The monoisotopic (exact) mass is 405 g/mol. The maximum atomic E-state index is 12.6. The van der Waals surface area contributed by atoms with Gasteiger partial charge in [-0.05, 0) is 30.7 Å². The van der Waals surface area contributed by atoms with E-state index in [0.717, 1.165) is 27.9 Å². The van der Waals surface area contributed by atoms with E-state index in [4.69, 9.17) is 10.2 Å². The molecule has 0 aliphatic carbocycles. The minimum atomic E-state index is -0.643. The topological polar surface area (TPSA) is 113 Å². The Kier molecular flexibility index (Phi) is 5.24. The summed E-state index contributed by atoms with van der Waals surface area (Å²) in [6.45, 7) is 2.68. The molecule has 0 saturated heterocycles. The maximum absolute atomic E-state index is 12.6. The van der Waals surface area contributed by atoms with Gasteiger partial charge in [0.2, 0.25) is 11.8 Å². The molecule has 2 amide bonds. The minimum absolute atomic E-state index is 0.159. The zero-order chi connectivity index (χ0) is 21.3. The molecular formula is C22H23N5O3. The number of nitrogens with two attached hydrogens (primary N) is 1. The predicted molar refractivity (Wildman–Crippen MR) is 116 cm³/mol. The van der Waals surface area contributed by atoms with Crippen LogP contribution in [-0.2, 0) is 16.1 Å². The number of nitrogens with zero attached hydrogens (tertiary/aromatic N) is 2. The number of nitrogens with one attached hydrogen (secondary N) is 2. The third-order valence-corrected chi connectivity index (χ3v) is 5.12. The maximum Gasteiger partial charge on any atom is 0.246 e. The minimum Gasteiger partial charge on any atom is -0.459 e. The molecule has 3 aromatic rings. The van der Waals surface area contributed by atoms with Gasteiger partial charge in [-0.1, -0.05) is 18.2 Å². The number of anilines is 2. The molecule has 154 valence electrons. The van der Waals surface area contributed by atoms with Gasteiger partial charge in [0.1, 0.15) is 17.4 Å². The van der Waals surface area contributed by atoms with Gasteiger partial charge in [0.15, 0.2) is 5.82 Å². The third-order valence-electron chi connectivity index (χ3n) is 5.12. The largest absolute Gasteiger partial charge is 0.459 e. The number of hydrogen-bond acceptors (Lipinski definition) is 6. The van der Waals surface area contributed by atoms with E-state index in [0.29, 0.717) is 24.6 Å². The van der Waals surface area contributed by atoms with E-state index >= 15 is 0 Å². The molecule has 30 heavy (non-hydrogen) atoms. The smallest absolute Gasteiger partial charge is 0.246 e. The molecule has 4 N–H and O–H groups in total. The molecule has 1 aromatic carbocycles. The Morgan fingerprint density at radius 1 is 1.40 bits per heavy atom. The van der Waals surface area contributed by atoms with Crippen molar-refractivity contribution in [1.82, 2.24) is 9.88 Å². The number of furan rings is 1. The number of pyridine rings is 1. The fraction of sp³-hybridized carbons (Fsp3) is 0.227. The van der Waals surface area contributed by atoms with Crippen LogP contribution >= 0.6 is 0 Å². The first-order valence-corrected chi connectivity index (χ1v) is 9.63. The number of para-hydroxylation sites is 1. The Morgan fingerprint density at radius 3 is 3.00 bits per heavy atom. The summed E-state index contributed by atoms with van der Waals surface area (Å²) in [7, 11) is 1.73. The molecule has 0 radical (unpaired) electrons. The predicted octanol–water partition coefficient (Wildman–Crippen LogP) is 2.50. The fourth-order valence-corrected chi connectivity index (χ4v) is 3.29. The number of aryl methyl sites for hydroxylation is 1. The molecule has 8 nitrogen and oxygen atoms in total. The van der Waals surface area contributed by atoms with Crippen LogP contribution in [0.25, 0.3) is 17.0 Å². The quantitative estimate of drug-likeness (QED) is 0.575. The Bertz CT molecular complexity index is 1150. The van der Waals surface area contributed by atoms with Gasteiger partial charge in [0.25, 0.3) is 0 Å². The lowest BCUT2D eigenvalue weighted by atomic mass is 10.1. The van der Waals surface area contributed by atoms with Crippen LogP contribution in [0, 0.1) is 6.92 Å². The fourth-order valence-electron chi connectivity index (χ4n) is 3.29. The average molecular weight is 405 g/mol. The summed E-state index contributed by atoms with van der Waals surface area (Å²) in [5.74, 6) is 0.750. The van der Waals surface area contributed by atoms with Gasteiger partial charge in [-0.3, -0.25) is 9.59 Å². The Morgan fingerprint density at radius 2 is 2.20 bits per heavy atom. The van der Waals surface area contributed by atoms with Crippen molar-refractivity contribution < 1.29 is 14.0 Å². The number of aromatic nitrogens is 1. The van der Waals surface area contributed by atoms with Gasteiger partial charge in [-0.25, -0.2) is 4.98 Å². The molecule has 3 heterocycles. The number of benzene rings is 1. The van der Waals surface area contributed by atoms with Crippen molar-refractivity contribution in [1.29, 1.82) is 0 Å². The van der Waals surface area contributed by atoms with E-state index in [-0.39, 0.29) is 11.8 Å². The van der Waals surface area contributed by atoms with E-state index in [2.05, 4.69) is 15.6 Å². The van der Waals surface area contributed by atoms with Gasteiger partial charge in [-0.2, -0.15) is 0 Å². The second-order valence-corrected chi connectivity index (χ2v) is 7.32. The lowest BCUT2D eigenvalue weighted by molar-refractivity contribution is -0.125. The van der Waals surface area contributed by atoms with Gasteiger partial charge in [0, 0.05) is 36.8 Å². The SMILES string of the molecule is Cc1c(CN(C)C(=O)/C=C/c2cnc3c(c2)NC[C@H](N)C(=O)N3)oc2ccccc12. The van der Waals surface area contributed by atoms with Crippen LogP contribution in [0.1, 0.15) is 16.9 Å². The molecule has 8 heteroatoms. The van der Waals surface area contributed by atoms with Gasteiger partial charge in [0.05, 0.1) is 12.2 Å². The molecule has 4 rings (SSSR count). The highest BCUT2D eigenvalue weighted by atomic mass is 16.3. The first-order valence-electron chi connectivity index (χ1n) is 9.63. The van der Waals surface area contributed by atoms with Crippen LogP contribution in [0.15, 0.2) is 47.0 Å². The highest BCUT2D eigenvalue weighted by molar-refractivity contribution is 5.98. The van der Waals surface area contributed by atoms with Crippen LogP contribution in [0.3, 0.4) is 0 Å². The van der Waals surface area contributed by atoms with Crippen molar-refractivity contribution in [3.8, 4) is 0 Å². The second-order valence-electron chi connectivity index (χ2n) is 7.32. The number of carbonyl (C=O) groups is 2. The van der Waals surface area contributed by atoms with Crippen LogP contribution in [-0.4, -0.2) is 41.3 Å². The normalized spacial score (nSPS) is 16.1. The van der Waals surface area contributed by atoms with Crippen molar-refractivity contribution >= 4 is 40.4 Å². The average Bonchev–Trinajstić information content (AvgIpc) is 2.98. The third kappa shape index (κ3) is 3.90.